The molecule has 2 saturated heterocycles. The number of ether oxygens (including phenoxy) is 1. The molecule has 1 aromatic carbocycles. The van der Waals surface area contributed by atoms with Crippen molar-refractivity contribution in [3.05, 3.63) is 54.4 Å². The zero-order valence-electron chi connectivity index (χ0n) is 17.5. The average Bonchev–Trinajstić information content (AvgIpc) is 2.70. The summed E-state index contributed by atoms with van der Waals surface area (Å²) in [5.41, 5.74) is 1.91. The smallest absolute Gasteiger partial charge is 0.321 e. The number of carbonyl (C=O) groups excluding carboxylic acids is 2. The molecule has 0 bridgehead atoms. The van der Waals surface area contributed by atoms with Crippen LogP contribution in [-0.4, -0.2) is 59.0 Å². The number of pyridine rings is 1. The van der Waals surface area contributed by atoms with E-state index in [1.807, 2.05) is 61.3 Å². The van der Waals surface area contributed by atoms with Gasteiger partial charge in [-0.3, -0.25) is 9.78 Å². The molecule has 3 heterocycles. The van der Waals surface area contributed by atoms with Gasteiger partial charge in [-0.25, -0.2) is 4.79 Å². The number of amides is 3. The van der Waals surface area contributed by atoms with Gasteiger partial charge in [-0.1, -0.05) is 19.9 Å². The zero-order chi connectivity index (χ0) is 21.1. The molecule has 7 nitrogen and oxygen atoms in total. The molecule has 2 fully saturated rings. The van der Waals surface area contributed by atoms with E-state index in [4.69, 9.17) is 4.74 Å². The van der Waals surface area contributed by atoms with Gasteiger partial charge in [-0.2, -0.15) is 0 Å². The maximum absolute atomic E-state index is 12.4. The van der Waals surface area contributed by atoms with Crippen molar-refractivity contribution in [2.75, 3.05) is 31.5 Å². The van der Waals surface area contributed by atoms with Gasteiger partial charge in [0.1, 0.15) is 11.9 Å². The molecule has 30 heavy (non-hydrogen) atoms. The normalized spacial score (nSPS) is 17.7. The van der Waals surface area contributed by atoms with Crippen molar-refractivity contribution >= 4 is 17.6 Å². The van der Waals surface area contributed by atoms with Gasteiger partial charge in [-0.05, 0) is 42.3 Å². The molecular weight excluding hydrogens is 380 g/mol. The van der Waals surface area contributed by atoms with Crippen molar-refractivity contribution in [3.8, 4) is 5.75 Å². The van der Waals surface area contributed by atoms with Gasteiger partial charge in [-0.15, -0.1) is 0 Å². The highest BCUT2D eigenvalue weighted by Gasteiger charge is 2.34. The van der Waals surface area contributed by atoms with Gasteiger partial charge in [0.05, 0.1) is 13.1 Å². The number of aromatic nitrogens is 1. The van der Waals surface area contributed by atoms with Gasteiger partial charge in [0, 0.05) is 43.0 Å². The van der Waals surface area contributed by atoms with E-state index in [0.29, 0.717) is 32.1 Å². The molecule has 1 atom stereocenters. The Bertz CT molecular complexity index is 875. The maximum Gasteiger partial charge on any atom is 0.321 e. The van der Waals surface area contributed by atoms with E-state index in [2.05, 4.69) is 10.3 Å². The highest BCUT2D eigenvalue weighted by molar-refractivity contribution is 5.90. The third-order valence-electron chi connectivity index (χ3n) is 5.93. The highest BCUT2D eigenvalue weighted by atomic mass is 16.5. The Kier molecular flexibility index (Phi) is 5.88. The summed E-state index contributed by atoms with van der Waals surface area (Å²) in [6.07, 6.45) is 4.51. The molecule has 0 aliphatic carbocycles. The minimum absolute atomic E-state index is 0.0314. The van der Waals surface area contributed by atoms with E-state index in [-0.39, 0.29) is 24.0 Å². The summed E-state index contributed by atoms with van der Waals surface area (Å²) in [7, 11) is 0. The van der Waals surface area contributed by atoms with Crippen molar-refractivity contribution in [3.63, 3.8) is 0 Å². The zero-order valence-corrected chi connectivity index (χ0v) is 17.5. The third-order valence-corrected chi connectivity index (χ3v) is 5.93. The topological polar surface area (TPSA) is 74.8 Å². The molecule has 0 radical (unpaired) electrons. The summed E-state index contributed by atoms with van der Waals surface area (Å²) in [5, 5.41) is 2.93. The summed E-state index contributed by atoms with van der Waals surface area (Å²) in [6.45, 7) is 6.66. The molecular formula is C23H28N4O3. The SMILES string of the molecule is CC[C@H](C)C(=O)N1CC(Oc2ccc(NC(=O)N3CC(c4cccnc4)C3)cc2)C1. The minimum Gasteiger partial charge on any atom is -0.487 e. The van der Waals surface area contributed by atoms with E-state index in [1.165, 1.54) is 5.56 Å². The van der Waals surface area contributed by atoms with Crippen LogP contribution in [0.2, 0.25) is 0 Å². The van der Waals surface area contributed by atoms with Crippen molar-refractivity contribution in [2.45, 2.75) is 32.3 Å². The first-order valence-corrected chi connectivity index (χ1v) is 10.5. The molecule has 4 rings (SSSR count). The number of benzene rings is 1. The van der Waals surface area contributed by atoms with Crippen LogP contribution in [0.4, 0.5) is 10.5 Å². The molecule has 0 unspecified atom stereocenters. The van der Waals surface area contributed by atoms with Crippen LogP contribution in [-0.2, 0) is 4.79 Å². The van der Waals surface area contributed by atoms with Crippen LogP contribution in [0.25, 0.3) is 0 Å². The van der Waals surface area contributed by atoms with Crippen molar-refractivity contribution in [2.24, 2.45) is 5.92 Å². The van der Waals surface area contributed by atoms with Crippen LogP contribution in [0.1, 0.15) is 31.7 Å². The molecule has 158 valence electrons. The van der Waals surface area contributed by atoms with Crippen LogP contribution in [0.15, 0.2) is 48.8 Å². The molecule has 1 N–H and O–H groups in total. The summed E-state index contributed by atoms with van der Waals surface area (Å²) in [4.78, 5) is 32.3. The summed E-state index contributed by atoms with van der Waals surface area (Å²) < 4.78 is 5.92. The third kappa shape index (κ3) is 4.40. The number of rotatable bonds is 6. The number of carbonyl (C=O) groups is 2. The van der Waals surface area contributed by atoms with E-state index >= 15 is 0 Å². The Morgan fingerprint density at radius 1 is 1.13 bits per heavy atom. The largest absolute Gasteiger partial charge is 0.487 e. The second-order valence-corrected chi connectivity index (χ2v) is 8.14. The number of hydrogen-bond donors (Lipinski definition) is 1. The van der Waals surface area contributed by atoms with Crippen LogP contribution in [0, 0.1) is 5.92 Å². The Balaban J connectivity index is 1.20. The maximum atomic E-state index is 12.4. The summed E-state index contributed by atoms with van der Waals surface area (Å²) in [5.74, 6) is 1.37. The molecule has 2 aromatic rings. The average molecular weight is 409 g/mol. The monoisotopic (exact) mass is 408 g/mol. The Morgan fingerprint density at radius 3 is 2.50 bits per heavy atom. The number of urea groups is 1. The fourth-order valence-corrected chi connectivity index (χ4v) is 3.66. The minimum atomic E-state index is -0.0954. The predicted octanol–water partition coefficient (Wildman–Crippen LogP) is 3.35. The van der Waals surface area contributed by atoms with Crippen LogP contribution in [0.5, 0.6) is 5.75 Å². The lowest BCUT2D eigenvalue weighted by molar-refractivity contribution is -0.144. The molecule has 3 amide bonds. The molecule has 7 heteroatoms. The predicted molar refractivity (Wildman–Crippen MR) is 114 cm³/mol. The van der Waals surface area contributed by atoms with Crippen LogP contribution >= 0.6 is 0 Å². The van der Waals surface area contributed by atoms with Gasteiger partial charge in [0.25, 0.3) is 0 Å². The summed E-state index contributed by atoms with van der Waals surface area (Å²) in [6, 6.07) is 11.3. The fourth-order valence-electron chi connectivity index (χ4n) is 3.66. The Morgan fingerprint density at radius 2 is 1.87 bits per heavy atom. The van der Waals surface area contributed by atoms with Crippen molar-refractivity contribution in [1.29, 1.82) is 0 Å². The van der Waals surface area contributed by atoms with Gasteiger partial charge >= 0.3 is 6.03 Å². The lowest BCUT2D eigenvalue weighted by Crippen LogP contribution is -2.57. The first-order chi connectivity index (χ1) is 14.5. The second kappa shape index (κ2) is 8.73. The molecule has 2 aliphatic rings. The molecule has 1 aromatic heterocycles. The number of anilines is 1. The first-order valence-electron chi connectivity index (χ1n) is 10.5. The Hall–Kier alpha value is -3.09. The molecule has 0 spiro atoms. The van der Waals surface area contributed by atoms with Gasteiger partial charge in [0.2, 0.25) is 5.91 Å². The number of nitrogens with zero attached hydrogens (tertiary/aromatic N) is 3. The van der Waals surface area contributed by atoms with E-state index in [9.17, 15) is 9.59 Å². The molecule has 0 saturated carbocycles. The highest BCUT2D eigenvalue weighted by Crippen LogP contribution is 2.27. The van der Waals surface area contributed by atoms with E-state index in [1.54, 1.807) is 11.1 Å². The second-order valence-electron chi connectivity index (χ2n) is 8.14. The van der Waals surface area contributed by atoms with E-state index in [0.717, 1.165) is 17.9 Å². The van der Waals surface area contributed by atoms with Crippen molar-refractivity contribution < 1.29 is 14.3 Å². The lowest BCUT2D eigenvalue weighted by Gasteiger charge is -2.40. The number of nitrogens with one attached hydrogen (secondary N) is 1. The Labute approximate surface area is 177 Å². The van der Waals surface area contributed by atoms with Gasteiger partial charge < -0.3 is 19.9 Å². The first kappa shape index (κ1) is 20.2. The standard InChI is InChI=1S/C23H28N4O3/c1-3-16(2)22(28)26-14-21(15-26)30-20-8-6-19(7-9-20)25-23(29)27-12-18(13-27)17-5-4-10-24-11-17/h4-11,16,18,21H,3,12-15H2,1-2H3,(H,25,29)/t16-/m0/s1. The quantitative estimate of drug-likeness (QED) is 0.795. The molecule has 2 aliphatic heterocycles. The lowest BCUT2D eigenvalue weighted by atomic mass is 9.93. The van der Waals surface area contributed by atoms with Crippen LogP contribution < -0.4 is 10.1 Å². The number of likely N-dealkylation sites (tertiary alicyclic amines) is 2. The fraction of sp³-hybridized carbons (Fsp3) is 0.435. The van der Waals surface area contributed by atoms with E-state index < -0.39 is 0 Å². The van der Waals surface area contributed by atoms with Gasteiger partial charge in [0.15, 0.2) is 0 Å². The summed E-state index contributed by atoms with van der Waals surface area (Å²) >= 11 is 0. The number of hydrogen-bond acceptors (Lipinski definition) is 4. The van der Waals surface area contributed by atoms with Crippen molar-refractivity contribution in [1.82, 2.24) is 14.8 Å². The van der Waals surface area contributed by atoms with Crippen LogP contribution in [0.3, 0.4) is 0 Å².